The molecule has 2 aromatic heterocycles. The van der Waals surface area contributed by atoms with Crippen LogP contribution in [0.3, 0.4) is 0 Å². The summed E-state index contributed by atoms with van der Waals surface area (Å²) in [6.45, 7) is 2.86. The Kier molecular flexibility index (Phi) is 3.90. The van der Waals surface area contributed by atoms with E-state index in [9.17, 15) is 4.79 Å². The van der Waals surface area contributed by atoms with Gasteiger partial charge in [-0.1, -0.05) is 0 Å². The van der Waals surface area contributed by atoms with Crippen LogP contribution in [0.5, 0.6) is 0 Å². The highest BCUT2D eigenvalue weighted by atomic mass is 16.5. The molecule has 1 aliphatic rings. The molecule has 0 radical (unpaired) electrons. The fraction of sp³-hybridized carbons (Fsp3) is 0.467. The Bertz CT molecular complexity index is 645. The normalized spacial score (nSPS) is 17.4. The van der Waals surface area contributed by atoms with Crippen LogP contribution in [0.1, 0.15) is 28.8 Å². The molecule has 3 rings (SSSR count). The lowest BCUT2D eigenvalue weighted by Gasteiger charge is -2.31. The quantitative estimate of drug-likeness (QED) is 0.923. The van der Waals surface area contributed by atoms with E-state index in [0.717, 1.165) is 38.0 Å². The standard InChI is InChI=1S/C15H19N3O3/c1-20-11-2-4-18(5-3-11)8-10-6-13-14(17-7-10)12(9-21-13)15(16)19/h6-7,9,11H,2-5,8H2,1H3,(H2,16,19). The van der Waals surface area contributed by atoms with Crippen molar-refractivity contribution in [2.75, 3.05) is 20.2 Å². The molecule has 0 saturated carbocycles. The Balaban J connectivity index is 1.72. The van der Waals surface area contributed by atoms with Crippen molar-refractivity contribution < 1.29 is 13.9 Å². The zero-order valence-electron chi connectivity index (χ0n) is 12.0. The third kappa shape index (κ3) is 2.91. The molecule has 1 fully saturated rings. The second-order valence-electron chi connectivity index (χ2n) is 5.42. The third-order valence-corrected chi connectivity index (χ3v) is 4.01. The Morgan fingerprint density at radius 2 is 2.29 bits per heavy atom. The van der Waals surface area contributed by atoms with Crippen LogP contribution >= 0.6 is 0 Å². The SMILES string of the molecule is COC1CCN(Cc2cnc3c(C(N)=O)coc3c2)CC1. The predicted octanol–water partition coefficient (Wildman–Crippen LogP) is 1.54. The van der Waals surface area contributed by atoms with Crippen molar-refractivity contribution in [1.29, 1.82) is 0 Å². The number of aromatic nitrogens is 1. The van der Waals surface area contributed by atoms with E-state index in [2.05, 4.69) is 9.88 Å². The second-order valence-corrected chi connectivity index (χ2v) is 5.42. The van der Waals surface area contributed by atoms with Gasteiger partial charge in [-0.25, -0.2) is 0 Å². The van der Waals surface area contributed by atoms with E-state index < -0.39 is 5.91 Å². The summed E-state index contributed by atoms with van der Waals surface area (Å²) in [5.41, 5.74) is 7.82. The molecule has 6 heteroatoms. The van der Waals surface area contributed by atoms with Crippen LogP contribution in [0.15, 0.2) is 22.9 Å². The number of carbonyl (C=O) groups excluding carboxylic acids is 1. The topological polar surface area (TPSA) is 81.6 Å². The molecule has 6 nitrogen and oxygen atoms in total. The van der Waals surface area contributed by atoms with Crippen molar-refractivity contribution in [1.82, 2.24) is 9.88 Å². The van der Waals surface area contributed by atoms with Crippen molar-refractivity contribution >= 4 is 17.0 Å². The molecule has 1 aliphatic heterocycles. The fourth-order valence-corrected chi connectivity index (χ4v) is 2.78. The minimum absolute atomic E-state index is 0.331. The number of hydrogen-bond donors (Lipinski definition) is 1. The van der Waals surface area contributed by atoms with Gasteiger partial charge < -0.3 is 14.9 Å². The highest BCUT2D eigenvalue weighted by molar-refractivity contribution is 6.03. The number of pyridine rings is 1. The van der Waals surface area contributed by atoms with Gasteiger partial charge in [0.05, 0.1) is 6.10 Å². The van der Waals surface area contributed by atoms with Gasteiger partial charge in [0.25, 0.3) is 5.91 Å². The molecule has 112 valence electrons. The fourth-order valence-electron chi connectivity index (χ4n) is 2.78. The average Bonchev–Trinajstić information content (AvgIpc) is 2.91. The van der Waals surface area contributed by atoms with Crippen LogP contribution in [0.25, 0.3) is 11.1 Å². The van der Waals surface area contributed by atoms with E-state index in [1.54, 1.807) is 13.3 Å². The van der Waals surface area contributed by atoms with Gasteiger partial charge in [0.2, 0.25) is 0 Å². The van der Waals surface area contributed by atoms with Crippen molar-refractivity contribution in [3.63, 3.8) is 0 Å². The summed E-state index contributed by atoms with van der Waals surface area (Å²) in [6, 6.07) is 1.93. The first kappa shape index (κ1) is 14.0. The second kappa shape index (κ2) is 5.83. The molecule has 0 spiro atoms. The molecule has 0 unspecified atom stereocenters. The third-order valence-electron chi connectivity index (χ3n) is 4.01. The van der Waals surface area contributed by atoms with Crippen LogP contribution in [0.4, 0.5) is 0 Å². The average molecular weight is 289 g/mol. The maximum Gasteiger partial charge on any atom is 0.254 e. The Morgan fingerprint density at radius 3 is 2.95 bits per heavy atom. The molecule has 0 atom stereocenters. The summed E-state index contributed by atoms with van der Waals surface area (Å²) in [6.07, 6.45) is 5.64. The van der Waals surface area contributed by atoms with Crippen molar-refractivity contribution in [3.05, 3.63) is 29.7 Å². The van der Waals surface area contributed by atoms with Crippen LogP contribution in [0, 0.1) is 0 Å². The summed E-state index contributed by atoms with van der Waals surface area (Å²) >= 11 is 0. The molecule has 0 aromatic carbocycles. The van der Waals surface area contributed by atoms with Gasteiger partial charge in [-0.3, -0.25) is 14.7 Å². The van der Waals surface area contributed by atoms with Gasteiger partial charge in [-0.05, 0) is 24.5 Å². The number of likely N-dealkylation sites (tertiary alicyclic amines) is 1. The number of ether oxygens (including phenoxy) is 1. The van der Waals surface area contributed by atoms with Crippen molar-refractivity contribution in [2.45, 2.75) is 25.5 Å². The smallest absolute Gasteiger partial charge is 0.254 e. The van der Waals surface area contributed by atoms with Crippen LogP contribution < -0.4 is 5.73 Å². The minimum Gasteiger partial charge on any atom is -0.462 e. The molecule has 0 bridgehead atoms. The highest BCUT2D eigenvalue weighted by Gasteiger charge is 2.19. The lowest BCUT2D eigenvalue weighted by atomic mass is 10.1. The summed E-state index contributed by atoms with van der Waals surface area (Å²) in [7, 11) is 1.77. The maximum absolute atomic E-state index is 11.2. The number of hydrogen-bond acceptors (Lipinski definition) is 5. The molecule has 2 N–H and O–H groups in total. The Labute approximate surface area is 122 Å². The number of amides is 1. The van der Waals surface area contributed by atoms with E-state index in [-0.39, 0.29) is 0 Å². The lowest BCUT2D eigenvalue weighted by Crippen LogP contribution is -2.36. The van der Waals surface area contributed by atoms with Crippen LogP contribution in [0.2, 0.25) is 0 Å². The molecule has 1 amide bonds. The maximum atomic E-state index is 11.2. The van der Waals surface area contributed by atoms with Gasteiger partial charge in [0, 0.05) is 32.9 Å². The Hall–Kier alpha value is -1.92. The molecule has 3 heterocycles. The molecule has 21 heavy (non-hydrogen) atoms. The first-order valence-corrected chi connectivity index (χ1v) is 7.08. The number of fused-ring (bicyclic) bond motifs is 1. The number of carbonyl (C=O) groups is 1. The van der Waals surface area contributed by atoms with Gasteiger partial charge >= 0.3 is 0 Å². The zero-order chi connectivity index (χ0) is 14.8. The molecule has 2 aromatic rings. The number of nitrogens with zero attached hydrogens (tertiary/aromatic N) is 2. The summed E-state index contributed by atoms with van der Waals surface area (Å²) < 4.78 is 10.7. The van der Waals surface area contributed by atoms with E-state index in [0.29, 0.717) is 22.8 Å². The summed E-state index contributed by atoms with van der Waals surface area (Å²) in [5.74, 6) is -0.518. The van der Waals surface area contributed by atoms with E-state index in [4.69, 9.17) is 14.9 Å². The molecule has 1 saturated heterocycles. The number of primary amides is 1. The first-order chi connectivity index (χ1) is 10.2. The van der Waals surface area contributed by atoms with E-state index in [1.165, 1.54) is 6.26 Å². The monoisotopic (exact) mass is 289 g/mol. The zero-order valence-corrected chi connectivity index (χ0v) is 12.0. The minimum atomic E-state index is -0.518. The summed E-state index contributed by atoms with van der Waals surface area (Å²) in [5, 5.41) is 0. The van der Waals surface area contributed by atoms with E-state index >= 15 is 0 Å². The molecule has 0 aliphatic carbocycles. The highest BCUT2D eigenvalue weighted by Crippen LogP contribution is 2.21. The number of furan rings is 1. The summed E-state index contributed by atoms with van der Waals surface area (Å²) in [4.78, 5) is 17.9. The number of methoxy groups -OCH3 is 1. The van der Waals surface area contributed by atoms with Gasteiger partial charge in [0.1, 0.15) is 17.3 Å². The number of nitrogens with two attached hydrogens (primary N) is 1. The Morgan fingerprint density at radius 1 is 1.52 bits per heavy atom. The molecular formula is C15H19N3O3. The number of rotatable bonds is 4. The first-order valence-electron chi connectivity index (χ1n) is 7.08. The van der Waals surface area contributed by atoms with E-state index in [1.807, 2.05) is 6.07 Å². The molecular weight excluding hydrogens is 270 g/mol. The largest absolute Gasteiger partial charge is 0.462 e. The van der Waals surface area contributed by atoms with Crippen molar-refractivity contribution in [3.8, 4) is 0 Å². The van der Waals surface area contributed by atoms with Crippen molar-refractivity contribution in [2.24, 2.45) is 5.73 Å². The van der Waals surface area contributed by atoms with Crippen LogP contribution in [-0.4, -0.2) is 42.1 Å². The number of piperidine rings is 1. The lowest BCUT2D eigenvalue weighted by molar-refractivity contribution is 0.0388. The predicted molar refractivity (Wildman–Crippen MR) is 77.8 cm³/mol. The van der Waals surface area contributed by atoms with Gasteiger partial charge in [-0.2, -0.15) is 0 Å². The van der Waals surface area contributed by atoms with Crippen LogP contribution in [-0.2, 0) is 11.3 Å². The van der Waals surface area contributed by atoms with Gasteiger partial charge in [-0.15, -0.1) is 0 Å². The van der Waals surface area contributed by atoms with Gasteiger partial charge in [0.15, 0.2) is 5.58 Å².